The summed E-state index contributed by atoms with van der Waals surface area (Å²) in [6.07, 6.45) is 0. The number of halogens is 1. The van der Waals surface area contributed by atoms with Crippen molar-refractivity contribution in [1.82, 2.24) is 0 Å². The number of hydrogen-bond donors (Lipinski definition) is 0. The van der Waals surface area contributed by atoms with Crippen molar-refractivity contribution in [2.75, 3.05) is 4.90 Å². The first-order valence-electron chi connectivity index (χ1n) is 9.35. The van der Waals surface area contributed by atoms with E-state index in [2.05, 4.69) is 0 Å². The predicted molar refractivity (Wildman–Crippen MR) is 110 cm³/mol. The Balaban J connectivity index is 1.63. The van der Waals surface area contributed by atoms with Crippen LogP contribution >= 0.6 is 0 Å². The Morgan fingerprint density at radius 2 is 1.54 bits per heavy atom. The van der Waals surface area contributed by atoms with Gasteiger partial charge < -0.3 is 4.90 Å². The first kappa shape index (κ1) is 16.7. The molecule has 0 radical (unpaired) electrons. The molecule has 0 spiro atoms. The third kappa shape index (κ3) is 2.67. The Kier molecular flexibility index (Phi) is 3.94. The first-order valence-corrected chi connectivity index (χ1v) is 9.35. The Morgan fingerprint density at radius 1 is 0.786 bits per heavy atom. The molecule has 1 atom stereocenters. The fourth-order valence-electron chi connectivity index (χ4n) is 4.08. The van der Waals surface area contributed by atoms with E-state index < -0.39 is 5.92 Å². The van der Waals surface area contributed by atoms with Crippen molar-refractivity contribution in [2.45, 2.75) is 12.5 Å². The maximum Gasteiger partial charge on any atom is 0.239 e. The number of nitrogens with zero attached hydrogens (tertiary/aromatic N) is 1. The van der Waals surface area contributed by atoms with E-state index in [1.54, 1.807) is 11.0 Å². The highest BCUT2D eigenvalue weighted by molar-refractivity contribution is 6.07. The molecule has 1 heterocycles. The summed E-state index contributed by atoms with van der Waals surface area (Å²) in [6, 6.07) is 28.8. The van der Waals surface area contributed by atoms with Gasteiger partial charge in [-0.1, -0.05) is 84.9 Å². The largest absolute Gasteiger partial charge is 0.304 e. The van der Waals surface area contributed by atoms with Gasteiger partial charge in [-0.25, -0.2) is 4.39 Å². The van der Waals surface area contributed by atoms with Crippen molar-refractivity contribution in [3.8, 4) is 0 Å². The molecule has 0 fully saturated rings. The van der Waals surface area contributed by atoms with Crippen molar-refractivity contribution in [1.29, 1.82) is 0 Å². The molecule has 28 heavy (non-hydrogen) atoms. The molecule has 5 rings (SSSR count). The van der Waals surface area contributed by atoms with Crippen molar-refractivity contribution >= 4 is 22.4 Å². The summed E-state index contributed by atoms with van der Waals surface area (Å²) in [4.78, 5) is 15.0. The average molecular weight is 367 g/mol. The lowest BCUT2D eigenvalue weighted by Gasteiger charge is -2.19. The van der Waals surface area contributed by atoms with Gasteiger partial charge in [-0.2, -0.15) is 0 Å². The third-order valence-electron chi connectivity index (χ3n) is 5.40. The van der Waals surface area contributed by atoms with Gasteiger partial charge in [0.2, 0.25) is 5.91 Å². The van der Waals surface area contributed by atoms with Crippen molar-refractivity contribution in [3.05, 3.63) is 114 Å². The van der Waals surface area contributed by atoms with Crippen molar-refractivity contribution in [3.63, 3.8) is 0 Å². The second-order valence-corrected chi connectivity index (χ2v) is 7.13. The number of carbonyl (C=O) groups is 1. The van der Waals surface area contributed by atoms with E-state index in [-0.39, 0.29) is 11.7 Å². The van der Waals surface area contributed by atoms with Crippen LogP contribution in [0.5, 0.6) is 0 Å². The monoisotopic (exact) mass is 367 g/mol. The molecule has 136 valence electrons. The van der Waals surface area contributed by atoms with E-state index in [0.717, 1.165) is 27.5 Å². The molecule has 4 aromatic carbocycles. The molecule has 0 aliphatic carbocycles. The minimum atomic E-state index is -0.487. The quantitative estimate of drug-likeness (QED) is 0.458. The lowest BCUT2D eigenvalue weighted by Crippen LogP contribution is -2.29. The van der Waals surface area contributed by atoms with Gasteiger partial charge in [-0.3, -0.25) is 4.79 Å². The van der Waals surface area contributed by atoms with Crippen LogP contribution in [0.1, 0.15) is 22.6 Å². The van der Waals surface area contributed by atoms with Crippen LogP contribution in [-0.4, -0.2) is 5.91 Å². The summed E-state index contributed by atoms with van der Waals surface area (Å²) >= 11 is 0. The summed E-state index contributed by atoms with van der Waals surface area (Å²) in [5.74, 6) is -0.927. The first-order chi connectivity index (χ1) is 13.7. The molecule has 3 heteroatoms. The van der Waals surface area contributed by atoms with Gasteiger partial charge in [0, 0.05) is 0 Å². The van der Waals surface area contributed by atoms with E-state index in [1.165, 1.54) is 6.07 Å². The van der Waals surface area contributed by atoms with Crippen LogP contribution in [0.4, 0.5) is 10.1 Å². The summed E-state index contributed by atoms with van der Waals surface area (Å²) in [5, 5.41) is 2.20. The van der Waals surface area contributed by atoms with Gasteiger partial charge in [-0.05, 0) is 33.5 Å². The van der Waals surface area contributed by atoms with Crippen LogP contribution in [0.2, 0.25) is 0 Å². The number of anilines is 1. The lowest BCUT2D eigenvalue weighted by molar-refractivity contribution is -0.118. The maximum absolute atomic E-state index is 14.8. The minimum absolute atomic E-state index is 0.0840. The van der Waals surface area contributed by atoms with E-state index in [4.69, 9.17) is 0 Å². The van der Waals surface area contributed by atoms with Gasteiger partial charge in [-0.15, -0.1) is 0 Å². The summed E-state index contributed by atoms with van der Waals surface area (Å²) < 4.78 is 14.8. The molecule has 0 saturated carbocycles. The Labute approximate surface area is 162 Å². The van der Waals surface area contributed by atoms with Gasteiger partial charge in [0.1, 0.15) is 5.82 Å². The number of fused-ring (bicyclic) bond motifs is 2. The number of rotatable bonds is 3. The highest BCUT2D eigenvalue weighted by Gasteiger charge is 2.40. The molecular weight excluding hydrogens is 349 g/mol. The molecule has 4 aromatic rings. The van der Waals surface area contributed by atoms with E-state index in [1.807, 2.05) is 78.9 Å². The van der Waals surface area contributed by atoms with Gasteiger partial charge in [0.15, 0.2) is 0 Å². The SMILES string of the molecule is O=C1C(c2ccc3ccccc3c2)c2cccc(F)c2N1Cc1ccccc1. The van der Waals surface area contributed by atoms with Crippen LogP contribution in [0.15, 0.2) is 91.0 Å². The van der Waals surface area contributed by atoms with Crippen LogP contribution in [-0.2, 0) is 11.3 Å². The molecule has 2 nitrogen and oxygen atoms in total. The highest BCUT2D eigenvalue weighted by atomic mass is 19.1. The van der Waals surface area contributed by atoms with Gasteiger partial charge in [0.25, 0.3) is 0 Å². The number of amides is 1. The second-order valence-electron chi connectivity index (χ2n) is 7.13. The van der Waals surface area contributed by atoms with Crippen LogP contribution in [0, 0.1) is 5.82 Å². The van der Waals surface area contributed by atoms with E-state index >= 15 is 0 Å². The molecule has 0 saturated heterocycles. The molecule has 0 aromatic heterocycles. The van der Waals surface area contributed by atoms with Crippen LogP contribution < -0.4 is 4.90 Å². The summed E-state index contributed by atoms with van der Waals surface area (Å²) in [6.45, 7) is 0.359. The molecule has 0 N–H and O–H groups in total. The zero-order chi connectivity index (χ0) is 19.1. The molecule has 1 aliphatic heterocycles. The Hall–Kier alpha value is -3.46. The van der Waals surface area contributed by atoms with E-state index in [9.17, 15) is 9.18 Å². The summed E-state index contributed by atoms with van der Waals surface area (Å²) in [7, 11) is 0. The second kappa shape index (κ2) is 6.61. The van der Waals surface area contributed by atoms with Gasteiger partial charge in [0.05, 0.1) is 18.2 Å². The normalized spacial score (nSPS) is 15.8. The molecular formula is C25H18FNO. The Bertz CT molecular complexity index is 1190. The molecule has 1 amide bonds. The average Bonchev–Trinajstić information content (AvgIpc) is 3.01. The number of carbonyl (C=O) groups excluding carboxylic acids is 1. The van der Waals surface area contributed by atoms with Gasteiger partial charge >= 0.3 is 0 Å². The molecule has 0 bridgehead atoms. The van der Waals surface area contributed by atoms with E-state index in [0.29, 0.717) is 12.2 Å². The standard InChI is InChI=1S/C25H18FNO/c26-22-12-6-11-21-23(20-14-13-18-9-4-5-10-19(18)15-20)25(28)27(24(21)22)16-17-7-2-1-3-8-17/h1-15,23H,16H2. The lowest BCUT2D eigenvalue weighted by atomic mass is 9.91. The Morgan fingerprint density at radius 3 is 2.36 bits per heavy atom. The third-order valence-corrected chi connectivity index (χ3v) is 5.40. The fraction of sp³-hybridized carbons (Fsp3) is 0.0800. The minimum Gasteiger partial charge on any atom is -0.304 e. The smallest absolute Gasteiger partial charge is 0.239 e. The fourth-order valence-corrected chi connectivity index (χ4v) is 4.08. The van der Waals surface area contributed by atoms with Crippen LogP contribution in [0.25, 0.3) is 10.8 Å². The zero-order valence-electron chi connectivity index (χ0n) is 15.2. The van der Waals surface area contributed by atoms with Crippen molar-refractivity contribution in [2.24, 2.45) is 0 Å². The number of benzene rings is 4. The maximum atomic E-state index is 14.8. The summed E-state index contributed by atoms with van der Waals surface area (Å²) in [5.41, 5.74) is 3.00. The number of hydrogen-bond acceptors (Lipinski definition) is 1. The molecule has 1 aliphatic rings. The highest BCUT2D eigenvalue weighted by Crippen LogP contribution is 2.43. The number of para-hydroxylation sites is 1. The molecule has 1 unspecified atom stereocenters. The van der Waals surface area contributed by atoms with Crippen LogP contribution in [0.3, 0.4) is 0 Å². The zero-order valence-corrected chi connectivity index (χ0v) is 15.2. The topological polar surface area (TPSA) is 20.3 Å². The predicted octanol–water partition coefficient (Wildman–Crippen LogP) is 5.66. The van der Waals surface area contributed by atoms with Crippen molar-refractivity contribution < 1.29 is 9.18 Å².